The Hall–Kier alpha value is -3.42. The summed E-state index contributed by atoms with van der Waals surface area (Å²) in [6, 6.07) is 18.3. The Kier molecular flexibility index (Phi) is 6.39. The second-order valence-electron chi connectivity index (χ2n) is 7.58. The molecule has 0 amide bonds. The van der Waals surface area contributed by atoms with Crippen LogP contribution in [0.2, 0.25) is 5.02 Å². The van der Waals surface area contributed by atoms with Crippen LogP contribution >= 0.6 is 11.6 Å². The van der Waals surface area contributed by atoms with E-state index in [4.69, 9.17) is 16.0 Å². The van der Waals surface area contributed by atoms with Crippen LogP contribution in [0.4, 0.5) is 5.69 Å². The van der Waals surface area contributed by atoms with E-state index in [1.165, 1.54) is 11.6 Å². The highest BCUT2D eigenvalue weighted by Gasteiger charge is 2.19. The monoisotopic (exact) mass is 450 g/mol. The molecule has 8 heteroatoms. The Balaban J connectivity index is 1.42. The molecule has 0 aliphatic heterocycles. The fraction of sp³-hybridized carbons (Fsp3) is 0.208. The largest absolute Gasteiger partial charge is 0.459 e. The highest BCUT2D eigenvalue weighted by atomic mass is 35.5. The van der Waals surface area contributed by atoms with Gasteiger partial charge in [0.1, 0.15) is 11.5 Å². The molecule has 4 aromatic rings. The molecule has 0 aliphatic rings. The lowest BCUT2D eigenvalue weighted by atomic mass is 10.1. The van der Waals surface area contributed by atoms with Gasteiger partial charge in [0, 0.05) is 28.9 Å². The van der Waals surface area contributed by atoms with Gasteiger partial charge in [-0.3, -0.25) is 14.8 Å². The van der Waals surface area contributed by atoms with Crippen LogP contribution in [-0.4, -0.2) is 14.7 Å². The number of rotatable bonds is 8. The Morgan fingerprint density at radius 3 is 2.62 bits per heavy atom. The van der Waals surface area contributed by atoms with Crippen molar-refractivity contribution < 1.29 is 9.34 Å². The van der Waals surface area contributed by atoms with Gasteiger partial charge in [-0.05, 0) is 43.7 Å². The zero-order valence-corrected chi connectivity index (χ0v) is 18.6. The quantitative estimate of drug-likeness (QED) is 0.276. The smallest absolute Gasteiger partial charge is 0.281 e. The number of nitro groups is 1. The van der Waals surface area contributed by atoms with Crippen LogP contribution in [0.1, 0.15) is 28.3 Å². The first-order valence-electron chi connectivity index (χ1n) is 10.2. The molecule has 7 nitrogen and oxygen atoms in total. The molecule has 2 aromatic heterocycles. The van der Waals surface area contributed by atoms with E-state index in [1.807, 2.05) is 35.9 Å². The summed E-state index contributed by atoms with van der Waals surface area (Å²) in [6.45, 7) is 5.95. The summed E-state index contributed by atoms with van der Waals surface area (Å²) in [4.78, 5) is 10.9. The van der Waals surface area contributed by atoms with Gasteiger partial charge in [0.25, 0.3) is 5.69 Å². The van der Waals surface area contributed by atoms with Gasteiger partial charge in [-0.15, -0.1) is 0 Å². The van der Waals surface area contributed by atoms with Gasteiger partial charge in [-0.2, -0.15) is 5.10 Å². The van der Waals surface area contributed by atoms with Gasteiger partial charge in [-0.25, -0.2) is 0 Å². The van der Waals surface area contributed by atoms with E-state index in [9.17, 15) is 10.1 Å². The second kappa shape index (κ2) is 9.38. The average molecular weight is 451 g/mol. The summed E-state index contributed by atoms with van der Waals surface area (Å²) < 4.78 is 7.87. The zero-order chi connectivity index (χ0) is 22.7. The molecule has 0 aliphatic carbocycles. The Morgan fingerprint density at radius 1 is 1.09 bits per heavy atom. The van der Waals surface area contributed by atoms with Crippen LogP contribution in [-0.2, 0) is 19.6 Å². The van der Waals surface area contributed by atoms with Crippen LogP contribution in [0.15, 0.2) is 65.1 Å². The van der Waals surface area contributed by atoms with Crippen molar-refractivity contribution in [2.45, 2.75) is 33.5 Å². The first-order chi connectivity index (χ1) is 15.4. The number of halogens is 1. The standard InChI is InChI=1S/C24H23ClN4O3/c1-16-22(17(2)28(27-16)15-18-6-4-3-5-7-18)14-26-13-20-9-11-24(32-20)21-10-8-19(25)12-23(21)29(30)31/h3-12,26H,13-15H2,1-2H3. The number of furan rings is 1. The minimum Gasteiger partial charge on any atom is -0.459 e. The van der Waals surface area contributed by atoms with Crippen molar-refractivity contribution in [1.29, 1.82) is 0 Å². The number of nitrogens with zero attached hydrogens (tertiary/aromatic N) is 3. The Bertz CT molecular complexity index is 1250. The summed E-state index contributed by atoms with van der Waals surface area (Å²) in [5.41, 5.74) is 4.79. The zero-order valence-electron chi connectivity index (χ0n) is 17.8. The number of hydrogen-bond acceptors (Lipinski definition) is 5. The van der Waals surface area contributed by atoms with Crippen LogP contribution in [0.25, 0.3) is 11.3 Å². The van der Waals surface area contributed by atoms with Gasteiger partial charge in [0.05, 0.1) is 29.3 Å². The van der Waals surface area contributed by atoms with Crippen LogP contribution < -0.4 is 5.32 Å². The van der Waals surface area contributed by atoms with E-state index < -0.39 is 4.92 Å². The topological polar surface area (TPSA) is 86.1 Å². The molecule has 0 spiro atoms. The van der Waals surface area contributed by atoms with Crippen LogP contribution in [0.5, 0.6) is 0 Å². The van der Waals surface area contributed by atoms with Crippen molar-refractivity contribution >= 4 is 17.3 Å². The lowest BCUT2D eigenvalue weighted by molar-refractivity contribution is -0.384. The summed E-state index contributed by atoms with van der Waals surface area (Å²) in [7, 11) is 0. The van der Waals surface area contributed by atoms with E-state index in [1.54, 1.807) is 18.2 Å². The molecule has 0 unspecified atom stereocenters. The lowest BCUT2D eigenvalue weighted by Gasteiger charge is -2.07. The third-order valence-corrected chi connectivity index (χ3v) is 5.63. The van der Waals surface area contributed by atoms with Crippen LogP contribution in [0.3, 0.4) is 0 Å². The number of hydrogen-bond donors (Lipinski definition) is 1. The van der Waals surface area contributed by atoms with Gasteiger partial charge in [0.15, 0.2) is 0 Å². The molecule has 0 radical (unpaired) electrons. The molecule has 4 rings (SSSR count). The molecule has 32 heavy (non-hydrogen) atoms. The van der Waals surface area contributed by atoms with Gasteiger partial charge in [-0.1, -0.05) is 41.9 Å². The molecular weight excluding hydrogens is 428 g/mol. The summed E-state index contributed by atoms with van der Waals surface area (Å²) >= 11 is 5.90. The first-order valence-corrected chi connectivity index (χ1v) is 10.6. The third-order valence-electron chi connectivity index (χ3n) is 5.39. The Morgan fingerprint density at radius 2 is 1.88 bits per heavy atom. The van der Waals surface area contributed by atoms with Crippen molar-refractivity contribution in [2.75, 3.05) is 0 Å². The molecule has 164 valence electrons. The minimum absolute atomic E-state index is 0.0801. The van der Waals surface area contributed by atoms with E-state index in [0.29, 0.717) is 35.2 Å². The number of aromatic nitrogens is 2. The molecule has 1 N–H and O–H groups in total. The van der Waals surface area contributed by atoms with Gasteiger partial charge < -0.3 is 9.73 Å². The normalized spacial score (nSPS) is 11.1. The number of nitro benzene ring substituents is 1. The first kappa shape index (κ1) is 21.8. The molecule has 0 fully saturated rings. The van der Waals surface area contributed by atoms with Gasteiger partial charge >= 0.3 is 0 Å². The maximum absolute atomic E-state index is 11.3. The van der Waals surface area contributed by atoms with E-state index in [2.05, 4.69) is 29.5 Å². The fourth-order valence-corrected chi connectivity index (χ4v) is 3.86. The van der Waals surface area contributed by atoms with Crippen molar-refractivity contribution in [3.8, 4) is 11.3 Å². The highest BCUT2D eigenvalue weighted by Crippen LogP contribution is 2.33. The maximum Gasteiger partial charge on any atom is 0.281 e. The molecule has 0 bridgehead atoms. The molecule has 0 atom stereocenters. The molecule has 0 saturated carbocycles. The second-order valence-corrected chi connectivity index (χ2v) is 8.02. The van der Waals surface area contributed by atoms with Crippen molar-refractivity contribution in [3.63, 3.8) is 0 Å². The molecule has 2 heterocycles. The number of aryl methyl sites for hydroxylation is 1. The van der Waals surface area contributed by atoms with Crippen molar-refractivity contribution in [1.82, 2.24) is 15.1 Å². The summed E-state index contributed by atoms with van der Waals surface area (Å²) in [5, 5.41) is 19.7. The number of benzene rings is 2. The van der Waals surface area contributed by atoms with Gasteiger partial charge in [0.2, 0.25) is 0 Å². The Labute approximate surface area is 190 Å². The summed E-state index contributed by atoms with van der Waals surface area (Å²) in [5.74, 6) is 1.13. The predicted molar refractivity (Wildman–Crippen MR) is 124 cm³/mol. The summed E-state index contributed by atoms with van der Waals surface area (Å²) in [6.07, 6.45) is 0. The molecular formula is C24H23ClN4O3. The number of nitrogens with one attached hydrogen (secondary N) is 1. The van der Waals surface area contributed by atoms with Crippen LogP contribution in [0, 0.1) is 24.0 Å². The minimum atomic E-state index is -0.458. The molecule has 2 aromatic carbocycles. The van der Waals surface area contributed by atoms with Crippen molar-refractivity contribution in [2.24, 2.45) is 0 Å². The lowest BCUT2D eigenvalue weighted by Crippen LogP contribution is -2.13. The maximum atomic E-state index is 11.3. The third kappa shape index (κ3) is 4.74. The van der Waals surface area contributed by atoms with E-state index in [-0.39, 0.29) is 5.69 Å². The van der Waals surface area contributed by atoms with E-state index >= 15 is 0 Å². The molecule has 0 saturated heterocycles. The van der Waals surface area contributed by atoms with Crippen molar-refractivity contribution in [3.05, 3.63) is 104 Å². The van der Waals surface area contributed by atoms with E-state index in [0.717, 1.165) is 23.5 Å². The SMILES string of the molecule is Cc1nn(Cc2ccccc2)c(C)c1CNCc1ccc(-c2ccc(Cl)cc2[N+](=O)[O-])o1. The predicted octanol–water partition coefficient (Wildman–Crippen LogP) is 5.66. The fourth-order valence-electron chi connectivity index (χ4n) is 3.69. The highest BCUT2D eigenvalue weighted by molar-refractivity contribution is 6.30. The average Bonchev–Trinajstić information content (AvgIpc) is 3.34.